The zero-order valence-corrected chi connectivity index (χ0v) is 13.7. The average molecular weight is 374 g/mol. The zero-order chi connectivity index (χ0) is 19.4. The molecule has 3 rings (SSSR count). The second-order valence-corrected chi connectivity index (χ2v) is 5.51. The second-order valence-electron chi connectivity index (χ2n) is 5.51. The van der Waals surface area contributed by atoms with Crippen molar-refractivity contribution in [2.24, 2.45) is 0 Å². The Labute approximate surface area is 151 Å². The highest BCUT2D eigenvalue weighted by Crippen LogP contribution is 2.29. The summed E-state index contributed by atoms with van der Waals surface area (Å²) in [6.07, 6.45) is -3.25. The van der Waals surface area contributed by atoms with Crippen LogP contribution in [0, 0.1) is 0 Å². The van der Waals surface area contributed by atoms with Gasteiger partial charge >= 0.3 is 6.18 Å². The van der Waals surface area contributed by atoms with E-state index in [4.69, 9.17) is 0 Å². The van der Waals surface area contributed by atoms with Gasteiger partial charge in [-0.3, -0.25) is 14.7 Å². The van der Waals surface area contributed by atoms with Gasteiger partial charge in [0.15, 0.2) is 0 Å². The summed E-state index contributed by atoms with van der Waals surface area (Å²) < 4.78 is 37.8. The van der Waals surface area contributed by atoms with Gasteiger partial charge in [-0.1, -0.05) is 18.2 Å². The smallest absolute Gasteiger partial charge is 0.321 e. The van der Waals surface area contributed by atoms with Crippen molar-refractivity contribution in [2.75, 3.05) is 10.6 Å². The van der Waals surface area contributed by atoms with Crippen LogP contribution in [-0.4, -0.2) is 22.0 Å². The van der Waals surface area contributed by atoms with Gasteiger partial charge in [0.1, 0.15) is 5.69 Å². The number of nitrogens with zero attached hydrogens (tertiary/aromatic N) is 1. The predicted octanol–water partition coefficient (Wildman–Crippen LogP) is 3.93. The van der Waals surface area contributed by atoms with Gasteiger partial charge in [0.25, 0.3) is 11.8 Å². The van der Waals surface area contributed by atoms with Gasteiger partial charge in [-0.2, -0.15) is 18.3 Å². The van der Waals surface area contributed by atoms with E-state index in [1.165, 1.54) is 6.20 Å². The van der Waals surface area contributed by atoms with Crippen LogP contribution in [0.2, 0.25) is 0 Å². The number of anilines is 2. The molecule has 0 unspecified atom stereocenters. The molecule has 0 aliphatic heterocycles. The highest BCUT2D eigenvalue weighted by atomic mass is 19.4. The molecule has 0 aliphatic rings. The Hall–Kier alpha value is -3.62. The van der Waals surface area contributed by atoms with Crippen molar-refractivity contribution >= 4 is 23.2 Å². The van der Waals surface area contributed by atoms with Crippen LogP contribution in [0.15, 0.2) is 60.8 Å². The zero-order valence-electron chi connectivity index (χ0n) is 13.7. The highest BCUT2D eigenvalue weighted by molar-refractivity contribution is 6.11. The van der Waals surface area contributed by atoms with Gasteiger partial charge in [-0.15, -0.1) is 0 Å². The van der Waals surface area contributed by atoms with Crippen molar-refractivity contribution in [3.63, 3.8) is 0 Å². The number of carbonyl (C=O) groups is 2. The molecule has 3 N–H and O–H groups in total. The van der Waals surface area contributed by atoms with Crippen LogP contribution in [0.4, 0.5) is 24.5 Å². The van der Waals surface area contributed by atoms with Crippen molar-refractivity contribution in [1.82, 2.24) is 10.2 Å². The first-order chi connectivity index (χ1) is 12.8. The monoisotopic (exact) mass is 374 g/mol. The second kappa shape index (κ2) is 7.32. The molecule has 1 heterocycles. The van der Waals surface area contributed by atoms with Crippen molar-refractivity contribution in [3.8, 4) is 0 Å². The Bertz CT molecular complexity index is 951. The summed E-state index contributed by atoms with van der Waals surface area (Å²) in [6, 6.07) is 12.4. The lowest BCUT2D eigenvalue weighted by atomic mass is 10.1. The van der Waals surface area contributed by atoms with E-state index in [2.05, 4.69) is 20.8 Å². The van der Waals surface area contributed by atoms with E-state index in [0.29, 0.717) is 5.69 Å². The molecule has 0 fully saturated rings. The quantitative estimate of drug-likeness (QED) is 0.647. The lowest BCUT2D eigenvalue weighted by Crippen LogP contribution is -2.18. The van der Waals surface area contributed by atoms with E-state index in [-0.39, 0.29) is 16.9 Å². The maximum absolute atomic E-state index is 12.6. The molecule has 0 radical (unpaired) electrons. The molecule has 2 aromatic carbocycles. The summed E-state index contributed by atoms with van der Waals surface area (Å²) in [4.78, 5) is 24.6. The third-order valence-electron chi connectivity index (χ3n) is 3.62. The molecule has 27 heavy (non-hydrogen) atoms. The predicted molar refractivity (Wildman–Crippen MR) is 92.4 cm³/mol. The Morgan fingerprint density at radius 2 is 1.56 bits per heavy atom. The minimum Gasteiger partial charge on any atom is -0.321 e. The number of halogens is 3. The minimum absolute atomic E-state index is 0.0126. The molecule has 9 heteroatoms. The number of aromatic nitrogens is 2. The van der Waals surface area contributed by atoms with Gasteiger partial charge in [0.2, 0.25) is 0 Å². The summed E-state index contributed by atoms with van der Waals surface area (Å²) in [7, 11) is 0. The first-order valence-corrected chi connectivity index (χ1v) is 7.73. The first kappa shape index (κ1) is 18.2. The van der Waals surface area contributed by atoms with Gasteiger partial charge in [-0.25, -0.2) is 0 Å². The normalized spacial score (nSPS) is 11.1. The van der Waals surface area contributed by atoms with Crippen molar-refractivity contribution < 1.29 is 22.8 Å². The van der Waals surface area contributed by atoms with E-state index in [1.807, 2.05) is 0 Å². The number of para-hydroxylation sites is 1. The van der Waals surface area contributed by atoms with Crippen molar-refractivity contribution in [2.45, 2.75) is 6.18 Å². The Morgan fingerprint density at radius 3 is 2.19 bits per heavy atom. The SMILES string of the molecule is O=C(Nc1cn[nH]c1C(=O)Nc1ccccc1)c1ccc(C(F)(F)F)cc1. The van der Waals surface area contributed by atoms with E-state index >= 15 is 0 Å². The fraction of sp³-hybridized carbons (Fsp3) is 0.0556. The van der Waals surface area contributed by atoms with Crippen LogP contribution in [0.25, 0.3) is 0 Å². The summed E-state index contributed by atoms with van der Waals surface area (Å²) in [5, 5.41) is 11.3. The van der Waals surface area contributed by atoms with Crippen LogP contribution in [0.1, 0.15) is 26.4 Å². The Morgan fingerprint density at radius 1 is 0.889 bits per heavy atom. The van der Waals surface area contributed by atoms with Crippen LogP contribution in [0.3, 0.4) is 0 Å². The lowest BCUT2D eigenvalue weighted by molar-refractivity contribution is -0.137. The number of H-pyrrole nitrogens is 1. The maximum atomic E-state index is 12.6. The number of carbonyl (C=O) groups excluding carboxylic acids is 2. The molecule has 2 amide bonds. The number of amides is 2. The molecule has 3 aromatic rings. The number of alkyl halides is 3. The summed E-state index contributed by atoms with van der Waals surface area (Å²) >= 11 is 0. The van der Waals surface area contributed by atoms with Gasteiger partial charge in [0.05, 0.1) is 17.4 Å². The lowest BCUT2D eigenvalue weighted by Gasteiger charge is -2.09. The van der Waals surface area contributed by atoms with E-state index in [9.17, 15) is 22.8 Å². The van der Waals surface area contributed by atoms with Crippen LogP contribution in [-0.2, 0) is 6.18 Å². The fourth-order valence-corrected chi connectivity index (χ4v) is 2.27. The molecule has 1 aromatic heterocycles. The Balaban J connectivity index is 1.72. The largest absolute Gasteiger partial charge is 0.416 e. The van der Waals surface area contributed by atoms with E-state index in [1.54, 1.807) is 30.3 Å². The summed E-state index contributed by atoms with van der Waals surface area (Å²) in [5.41, 5.74) is -0.173. The first-order valence-electron chi connectivity index (χ1n) is 7.73. The number of aromatic amines is 1. The topological polar surface area (TPSA) is 86.9 Å². The third-order valence-corrected chi connectivity index (χ3v) is 3.62. The fourth-order valence-electron chi connectivity index (χ4n) is 2.27. The molecular formula is C18H13F3N4O2. The molecule has 138 valence electrons. The summed E-state index contributed by atoms with van der Waals surface area (Å²) in [6.45, 7) is 0. The molecule has 0 saturated heterocycles. The Kier molecular flexibility index (Phi) is 4.93. The van der Waals surface area contributed by atoms with Crippen molar-refractivity contribution in [3.05, 3.63) is 77.6 Å². The van der Waals surface area contributed by atoms with Crippen LogP contribution >= 0.6 is 0 Å². The van der Waals surface area contributed by atoms with Gasteiger partial charge < -0.3 is 10.6 Å². The van der Waals surface area contributed by atoms with Crippen molar-refractivity contribution in [1.29, 1.82) is 0 Å². The molecule has 0 atom stereocenters. The summed E-state index contributed by atoms with van der Waals surface area (Å²) in [5.74, 6) is -1.19. The van der Waals surface area contributed by atoms with Gasteiger partial charge in [0, 0.05) is 11.3 Å². The number of benzene rings is 2. The maximum Gasteiger partial charge on any atom is 0.416 e. The highest BCUT2D eigenvalue weighted by Gasteiger charge is 2.30. The average Bonchev–Trinajstić information content (AvgIpc) is 3.10. The van der Waals surface area contributed by atoms with E-state index < -0.39 is 23.6 Å². The molecular weight excluding hydrogens is 361 g/mol. The third kappa shape index (κ3) is 4.32. The van der Waals surface area contributed by atoms with Gasteiger partial charge in [-0.05, 0) is 36.4 Å². The number of nitrogens with one attached hydrogen (secondary N) is 3. The molecule has 0 saturated carbocycles. The van der Waals surface area contributed by atoms with E-state index in [0.717, 1.165) is 24.3 Å². The number of hydrogen-bond donors (Lipinski definition) is 3. The molecule has 0 aliphatic carbocycles. The number of rotatable bonds is 4. The number of hydrogen-bond acceptors (Lipinski definition) is 3. The molecule has 0 bridgehead atoms. The molecule has 6 nitrogen and oxygen atoms in total. The molecule has 0 spiro atoms. The minimum atomic E-state index is -4.48. The van der Waals surface area contributed by atoms with Crippen LogP contribution < -0.4 is 10.6 Å². The van der Waals surface area contributed by atoms with Crippen LogP contribution in [0.5, 0.6) is 0 Å². The standard InChI is InChI=1S/C18H13F3N4O2/c19-18(20,21)12-8-6-11(7-9-12)16(26)24-14-10-22-25-15(14)17(27)23-13-4-2-1-3-5-13/h1-10H,(H,22,25)(H,23,27)(H,24,26).